The Labute approximate surface area is 136 Å². The van der Waals surface area contributed by atoms with Gasteiger partial charge in [-0.3, -0.25) is 4.79 Å². The zero-order valence-corrected chi connectivity index (χ0v) is 14.6. The lowest BCUT2D eigenvalue weighted by atomic mass is 9.98. The number of hydrogen-bond donors (Lipinski definition) is 0. The van der Waals surface area contributed by atoms with Crippen molar-refractivity contribution in [3.05, 3.63) is 23.3 Å². The Morgan fingerprint density at radius 2 is 1.78 bits per heavy atom. The van der Waals surface area contributed by atoms with E-state index < -0.39 is 10.0 Å². The molecule has 1 heterocycles. The summed E-state index contributed by atoms with van der Waals surface area (Å²) in [7, 11) is 1.19. The van der Waals surface area contributed by atoms with Crippen LogP contribution in [0.15, 0.2) is 12.1 Å². The highest BCUT2D eigenvalue weighted by Gasteiger charge is 2.25. The van der Waals surface area contributed by atoms with Gasteiger partial charge in [-0.1, -0.05) is 0 Å². The maximum absolute atomic E-state index is 12.3. The maximum atomic E-state index is 12.3. The van der Waals surface area contributed by atoms with E-state index >= 15 is 0 Å². The van der Waals surface area contributed by atoms with E-state index in [1.807, 2.05) is 12.1 Å². The Hall–Kier alpha value is -1.80. The summed E-state index contributed by atoms with van der Waals surface area (Å²) in [5, 5.41) is 0. The molecule has 0 bridgehead atoms. The van der Waals surface area contributed by atoms with Crippen LogP contribution in [0.25, 0.3) is 0 Å². The monoisotopic (exact) mass is 342 g/mol. The fraction of sp³-hybridized carbons (Fsp3) is 0.533. The van der Waals surface area contributed by atoms with Crippen molar-refractivity contribution in [3.8, 4) is 11.5 Å². The second kappa shape index (κ2) is 6.76. The minimum absolute atomic E-state index is 0.151. The molecule has 1 amide bonds. The van der Waals surface area contributed by atoms with Crippen molar-refractivity contribution in [3.63, 3.8) is 0 Å². The summed E-state index contributed by atoms with van der Waals surface area (Å²) in [4.78, 5) is 14.0. The average Bonchev–Trinajstić information content (AvgIpc) is 2.51. The van der Waals surface area contributed by atoms with E-state index in [0.29, 0.717) is 31.0 Å². The van der Waals surface area contributed by atoms with E-state index in [9.17, 15) is 13.2 Å². The number of rotatable bonds is 5. The summed E-state index contributed by atoms with van der Waals surface area (Å²) in [6.07, 6.45) is 1.78. The molecule has 0 aliphatic carbocycles. The number of sulfonamides is 1. The Bertz CT molecular complexity index is 702. The Balaban J connectivity index is 2.15. The smallest absolute Gasteiger partial charge is 0.238 e. The second-order valence-corrected chi connectivity index (χ2v) is 7.65. The summed E-state index contributed by atoms with van der Waals surface area (Å²) in [6, 6.07) is 3.80. The Kier molecular flexibility index (Phi) is 5.16. The first-order valence-electron chi connectivity index (χ1n) is 7.19. The second-order valence-electron chi connectivity index (χ2n) is 5.56. The largest absolute Gasteiger partial charge is 0.493 e. The summed E-state index contributed by atoms with van der Waals surface area (Å²) in [5.41, 5.74) is 2.10. The van der Waals surface area contributed by atoms with Gasteiger partial charge >= 0.3 is 0 Å². The molecule has 0 saturated heterocycles. The van der Waals surface area contributed by atoms with Gasteiger partial charge in [-0.2, -0.15) is 4.31 Å². The number of ether oxygens (including phenoxy) is 2. The summed E-state index contributed by atoms with van der Waals surface area (Å²) in [6.45, 7) is 0.840. The predicted molar refractivity (Wildman–Crippen MR) is 86.1 cm³/mol. The van der Waals surface area contributed by atoms with Crippen LogP contribution < -0.4 is 9.47 Å². The molecule has 0 radical (unpaired) electrons. The third kappa shape index (κ3) is 3.94. The highest BCUT2D eigenvalue weighted by Crippen LogP contribution is 2.33. The first kappa shape index (κ1) is 17.6. The van der Waals surface area contributed by atoms with Gasteiger partial charge < -0.3 is 14.4 Å². The number of carbonyl (C=O) groups is 1. The van der Waals surface area contributed by atoms with E-state index in [1.54, 1.807) is 19.1 Å². The fourth-order valence-electron chi connectivity index (χ4n) is 2.50. The van der Waals surface area contributed by atoms with Crippen LogP contribution in [-0.4, -0.2) is 64.1 Å². The zero-order valence-electron chi connectivity index (χ0n) is 13.8. The number of hydrogen-bond acceptors (Lipinski definition) is 5. The van der Waals surface area contributed by atoms with Gasteiger partial charge in [-0.25, -0.2) is 8.42 Å². The zero-order chi connectivity index (χ0) is 17.2. The van der Waals surface area contributed by atoms with E-state index in [0.717, 1.165) is 21.7 Å². The molecule has 0 fully saturated rings. The van der Waals surface area contributed by atoms with Gasteiger partial charge in [-0.15, -0.1) is 0 Å². The first-order valence-corrected chi connectivity index (χ1v) is 9.04. The molecule has 0 aromatic heterocycles. The summed E-state index contributed by atoms with van der Waals surface area (Å²) < 4.78 is 34.5. The minimum atomic E-state index is -3.37. The predicted octanol–water partition coefficient (Wildman–Crippen LogP) is 0.480. The molecular weight excluding hydrogens is 320 g/mol. The molecule has 1 aliphatic rings. The minimum Gasteiger partial charge on any atom is -0.493 e. The lowest BCUT2D eigenvalue weighted by molar-refractivity contribution is -0.132. The third-order valence-corrected chi connectivity index (χ3v) is 5.26. The quantitative estimate of drug-likeness (QED) is 0.778. The van der Waals surface area contributed by atoms with Crippen LogP contribution in [0.3, 0.4) is 0 Å². The molecule has 0 N–H and O–H groups in total. The maximum Gasteiger partial charge on any atom is 0.238 e. The molecule has 2 rings (SSSR count). The molecule has 1 aromatic rings. The molecule has 0 atom stereocenters. The van der Waals surface area contributed by atoms with Gasteiger partial charge in [0.15, 0.2) is 11.5 Å². The van der Waals surface area contributed by atoms with Crippen molar-refractivity contribution in [2.75, 3.05) is 40.6 Å². The number of carbonyl (C=O) groups excluding carboxylic acids is 1. The lowest BCUT2D eigenvalue weighted by Crippen LogP contribution is -2.43. The molecule has 0 saturated carbocycles. The van der Waals surface area contributed by atoms with Crippen LogP contribution in [0.5, 0.6) is 11.5 Å². The van der Waals surface area contributed by atoms with Crippen molar-refractivity contribution in [2.45, 2.75) is 13.0 Å². The number of methoxy groups -OCH3 is 2. The molecule has 128 valence electrons. The molecule has 7 nitrogen and oxygen atoms in total. The standard InChI is InChI=1S/C15H22N2O5S/c1-16(23(4,19)20)10-15(18)17-6-5-11-7-13(21-2)14(22-3)8-12(11)9-17/h7-8H,5-6,9-10H2,1-4H3. The van der Waals surface area contributed by atoms with Crippen LogP contribution in [-0.2, 0) is 27.8 Å². The van der Waals surface area contributed by atoms with E-state index in [2.05, 4.69) is 0 Å². The van der Waals surface area contributed by atoms with E-state index in [4.69, 9.17) is 9.47 Å². The van der Waals surface area contributed by atoms with Gasteiger partial charge in [0, 0.05) is 20.1 Å². The number of nitrogens with zero attached hydrogens (tertiary/aromatic N) is 2. The highest BCUT2D eigenvalue weighted by atomic mass is 32.2. The number of likely N-dealkylation sites (N-methyl/N-ethyl adjacent to an activating group) is 1. The average molecular weight is 342 g/mol. The van der Waals surface area contributed by atoms with Gasteiger partial charge in [0.25, 0.3) is 0 Å². The molecule has 1 aliphatic heterocycles. The van der Waals surface area contributed by atoms with Gasteiger partial charge in [0.1, 0.15) is 0 Å². The number of fused-ring (bicyclic) bond motifs is 1. The van der Waals surface area contributed by atoms with Crippen molar-refractivity contribution in [2.24, 2.45) is 0 Å². The van der Waals surface area contributed by atoms with Gasteiger partial charge in [-0.05, 0) is 29.7 Å². The van der Waals surface area contributed by atoms with Crippen LogP contribution >= 0.6 is 0 Å². The lowest BCUT2D eigenvalue weighted by Gasteiger charge is -2.30. The first-order chi connectivity index (χ1) is 10.8. The Morgan fingerprint density at radius 1 is 1.22 bits per heavy atom. The number of amides is 1. The third-order valence-electron chi connectivity index (χ3n) is 3.99. The molecule has 8 heteroatoms. The molecule has 23 heavy (non-hydrogen) atoms. The fourth-order valence-corrected chi connectivity index (χ4v) is 2.85. The number of benzene rings is 1. The van der Waals surface area contributed by atoms with Crippen LogP contribution in [0.1, 0.15) is 11.1 Å². The molecular formula is C15H22N2O5S. The van der Waals surface area contributed by atoms with E-state index in [-0.39, 0.29) is 12.5 Å². The molecule has 0 unspecified atom stereocenters. The van der Waals surface area contributed by atoms with Crippen molar-refractivity contribution >= 4 is 15.9 Å². The summed E-state index contributed by atoms with van der Waals surface area (Å²) in [5.74, 6) is 1.08. The SMILES string of the molecule is COc1cc2c(cc1OC)CN(C(=O)CN(C)S(C)(=O)=O)CC2. The topological polar surface area (TPSA) is 76.2 Å². The Morgan fingerprint density at radius 3 is 2.30 bits per heavy atom. The van der Waals surface area contributed by atoms with Crippen LogP contribution in [0, 0.1) is 0 Å². The van der Waals surface area contributed by atoms with Crippen LogP contribution in [0.4, 0.5) is 0 Å². The summed E-state index contributed by atoms with van der Waals surface area (Å²) >= 11 is 0. The highest BCUT2D eigenvalue weighted by molar-refractivity contribution is 7.88. The van der Waals surface area contributed by atoms with Crippen molar-refractivity contribution in [1.29, 1.82) is 0 Å². The van der Waals surface area contributed by atoms with Crippen molar-refractivity contribution in [1.82, 2.24) is 9.21 Å². The van der Waals surface area contributed by atoms with Crippen molar-refractivity contribution < 1.29 is 22.7 Å². The van der Waals surface area contributed by atoms with Gasteiger partial charge in [0.05, 0.1) is 27.0 Å². The van der Waals surface area contributed by atoms with Gasteiger partial charge in [0.2, 0.25) is 15.9 Å². The van der Waals surface area contributed by atoms with E-state index in [1.165, 1.54) is 7.05 Å². The normalized spacial score (nSPS) is 14.6. The molecule has 0 spiro atoms. The molecule has 1 aromatic carbocycles. The van der Waals surface area contributed by atoms with Crippen LogP contribution in [0.2, 0.25) is 0 Å².